The maximum Gasteiger partial charge on any atom is 0.155 e. The number of carbonyl (C=O) groups excluding carboxylic acids is 2. The second kappa shape index (κ2) is 5.30. The van der Waals surface area contributed by atoms with Gasteiger partial charge in [-0.15, -0.1) is 11.6 Å². The molecule has 0 amide bonds. The van der Waals surface area contributed by atoms with Crippen LogP contribution in [0, 0.1) is 0 Å². The molecule has 0 aromatic heterocycles. The summed E-state index contributed by atoms with van der Waals surface area (Å²) in [6, 6.07) is 0. The summed E-state index contributed by atoms with van der Waals surface area (Å²) in [7, 11) is 0. The Balaban J connectivity index is 3.69. The molecule has 0 N–H and O–H groups in total. The van der Waals surface area contributed by atoms with Gasteiger partial charge in [0.15, 0.2) is 4.87 Å². The Kier molecular flexibility index (Phi) is 5.12. The zero-order valence-electron chi connectivity index (χ0n) is 6.68. The van der Waals surface area contributed by atoms with Gasteiger partial charge in [0.05, 0.1) is 0 Å². The highest BCUT2D eigenvalue weighted by Gasteiger charge is 2.24. The minimum atomic E-state index is -1.25. The summed E-state index contributed by atoms with van der Waals surface area (Å²) < 4.78 is 0. The number of hydrogen-bond acceptors (Lipinski definition) is 2. The van der Waals surface area contributed by atoms with Crippen LogP contribution in [-0.4, -0.2) is 17.4 Å². The second-order valence-electron chi connectivity index (χ2n) is 2.62. The molecule has 64 valence electrons. The van der Waals surface area contributed by atoms with Crippen molar-refractivity contribution in [2.45, 2.75) is 37.5 Å². The van der Waals surface area contributed by atoms with Crippen molar-refractivity contribution in [1.29, 1.82) is 0 Å². The molecule has 0 aliphatic heterocycles. The SMILES string of the molecule is CCCCCC(Cl)(C=O)C=O. The Morgan fingerprint density at radius 2 is 1.82 bits per heavy atom. The largest absolute Gasteiger partial charge is 0.301 e. The van der Waals surface area contributed by atoms with E-state index in [1.165, 1.54) is 0 Å². The molecule has 0 unspecified atom stereocenters. The molecule has 0 radical (unpaired) electrons. The molecule has 0 aromatic rings. The van der Waals surface area contributed by atoms with Gasteiger partial charge < -0.3 is 9.59 Å². The molecule has 11 heavy (non-hydrogen) atoms. The van der Waals surface area contributed by atoms with E-state index in [1.54, 1.807) is 0 Å². The molecule has 0 spiro atoms. The highest BCUT2D eigenvalue weighted by atomic mass is 35.5. The maximum atomic E-state index is 10.3. The van der Waals surface area contributed by atoms with Crippen LogP contribution in [-0.2, 0) is 9.59 Å². The zero-order chi connectivity index (χ0) is 8.74. The van der Waals surface area contributed by atoms with E-state index in [0.29, 0.717) is 19.0 Å². The zero-order valence-corrected chi connectivity index (χ0v) is 7.43. The van der Waals surface area contributed by atoms with Gasteiger partial charge in [-0.05, 0) is 6.42 Å². The van der Waals surface area contributed by atoms with E-state index in [2.05, 4.69) is 6.92 Å². The van der Waals surface area contributed by atoms with E-state index in [-0.39, 0.29) is 0 Å². The maximum absolute atomic E-state index is 10.3. The van der Waals surface area contributed by atoms with Crippen LogP contribution in [0.2, 0.25) is 0 Å². The lowest BCUT2D eigenvalue weighted by Gasteiger charge is -2.10. The van der Waals surface area contributed by atoms with Crippen molar-refractivity contribution >= 4 is 24.2 Å². The highest BCUT2D eigenvalue weighted by molar-refractivity contribution is 6.39. The van der Waals surface area contributed by atoms with Crippen molar-refractivity contribution in [3.05, 3.63) is 0 Å². The van der Waals surface area contributed by atoms with Gasteiger partial charge in [0.2, 0.25) is 0 Å². The van der Waals surface area contributed by atoms with Crippen LogP contribution in [0.15, 0.2) is 0 Å². The van der Waals surface area contributed by atoms with Crippen LogP contribution in [0.4, 0.5) is 0 Å². The Morgan fingerprint density at radius 3 is 2.18 bits per heavy atom. The molecule has 0 heterocycles. The van der Waals surface area contributed by atoms with Gasteiger partial charge in [-0.2, -0.15) is 0 Å². The fourth-order valence-electron chi connectivity index (χ4n) is 0.792. The summed E-state index contributed by atoms with van der Waals surface area (Å²) in [4.78, 5) is 19.3. The molecule has 0 saturated carbocycles. The average molecular weight is 177 g/mol. The molecule has 0 fully saturated rings. The first-order valence-electron chi connectivity index (χ1n) is 3.80. The lowest BCUT2D eigenvalue weighted by Crippen LogP contribution is -2.24. The topological polar surface area (TPSA) is 34.1 Å². The van der Waals surface area contributed by atoms with Crippen LogP contribution in [0.5, 0.6) is 0 Å². The van der Waals surface area contributed by atoms with Crippen molar-refractivity contribution in [3.8, 4) is 0 Å². The minimum Gasteiger partial charge on any atom is -0.301 e. The predicted octanol–water partition coefficient (Wildman–Crippen LogP) is 1.94. The van der Waals surface area contributed by atoms with Crippen LogP contribution in [0.1, 0.15) is 32.6 Å². The lowest BCUT2D eigenvalue weighted by molar-refractivity contribution is -0.118. The second-order valence-corrected chi connectivity index (χ2v) is 3.32. The Labute approximate surface area is 71.9 Å². The average Bonchev–Trinajstić information content (AvgIpc) is 2.05. The number of aldehydes is 2. The molecule has 0 rings (SSSR count). The van der Waals surface area contributed by atoms with Gasteiger partial charge in [-0.1, -0.05) is 26.2 Å². The van der Waals surface area contributed by atoms with Crippen LogP contribution >= 0.6 is 11.6 Å². The predicted molar refractivity (Wildman–Crippen MR) is 44.9 cm³/mol. The standard InChI is InChI=1S/C8H13ClO2/c1-2-3-4-5-8(9,6-10)7-11/h6-7H,2-5H2,1H3. The molecule has 0 saturated heterocycles. The summed E-state index contributed by atoms with van der Waals surface area (Å²) in [5, 5.41) is 0. The lowest BCUT2D eigenvalue weighted by atomic mass is 10.0. The molecule has 0 aliphatic rings. The third kappa shape index (κ3) is 4.14. The van der Waals surface area contributed by atoms with Gasteiger partial charge in [-0.25, -0.2) is 0 Å². The van der Waals surface area contributed by atoms with Gasteiger partial charge in [0, 0.05) is 0 Å². The van der Waals surface area contributed by atoms with E-state index in [4.69, 9.17) is 11.6 Å². The van der Waals surface area contributed by atoms with Crippen LogP contribution in [0.25, 0.3) is 0 Å². The summed E-state index contributed by atoms with van der Waals surface area (Å²) in [6.07, 6.45) is 4.38. The van der Waals surface area contributed by atoms with Gasteiger partial charge in [-0.3, -0.25) is 0 Å². The first-order valence-corrected chi connectivity index (χ1v) is 4.18. The number of hydrogen-bond donors (Lipinski definition) is 0. The van der Waals surface area contributed by atoms with Crippen LogP contribution < -0.4 is 0 Å². The van der Waals surface area contributed by atoms with Crippen molar-refractivity contribution < 1.29 is 9.59 Å². The molecular formula is C8H13ClO2. The van der Waals surface area contributed by atoms with E-state index in [1.807, 2.05) is 0 Å². The van der Waals surface area contributed by atoms with Crippen molar-refractivity contribution in [2.75, 3.05) is 0 Å². The Morgan fingerprint density at radius 1 is 1.27 bits per heavy atom. The van der Waals surface area contributed by atoms with E-state index in [9.17, 15) is 9.59 Å². The molecule has 0 atom stereocenters. The molecule has 0 aromatic carbocycles. The Bertz CT molecular complexity index is 126. The van der Waals surface area contributed by atoms with E-state index >= 15 is 0 Å². The summed E-state index contributed by atoms with van der Waals surface area (Å²) >= 11 is 5.61. The van der Waals surface area contributed by atoms with Crippen molar-refractivity contribution in [1.82, 2.24) is 0 Å². The third-order valence-electron chi connectivity index (χ3n) is 1.56. The van der Waals surface area contributed by atoms with E-state index < -0.39 is 4.87 Å². The third-order valence-corrected chi connectivity index (χ3v) is 1.92. The number of rotatable bonds is 6. The highest BCUT2D eigenvalue weighted by Crippen LogP contribution is 2.17. The monoisotopic (exact) mass is 176 g/mol. The molecule has 0 bridgehead atoms. The number of alkyl halides is 1. The van der Waals surface area contributed by atoms with Crippen molar-refractivity contribution in [3.63, 3.8) is 0 Å². The normalized spacial score (nSPS) is 11.1. The quantitative estimate of drug-likeness (QED) is 0.268. The molecule has 3 heteroatoms. The smallest absolute Gasteiger partial charge is 0.155 e. The van der Waals surface area contributed by atoms with Crippen molar-refractivity contribution in [2.24, 2.45) is 0 Å². The Hall–Kier alpha value is -0.370. The fraction of sp³-hybridized carbons (Fsp3) is 0.750. The number of unbranched alkanes of at least 4 members (excludes halogenated alkanes) is 2. The minimum absolute atomic E-state index is 0.454. The van der Waals surface area contributed by atoms with Gasteiger partial charge in [0.1, 0.15) is 12.6 Å². The number of halogens is 1. The van der Waals surface area contributed by atoms with Crippen LogP contribution in [0.3, 0.4) is 0 Å². The van der Waals surface area contributed by atoms with Gasteiger partial charge in [0.25, 0.3) is 0 Å². The van der Waals surface area contributed by atoms with E-state index in [0.717, 1.165) is 19.3 Å². The fourth-order valence-corrected chi connectivity index (χ4v) is 0.925. The summed E-state index contributed by atoms with van der Waals surface area (Å²) in [5.74, 6) is 0. The molecule has 0 aliphatic carbocycles. The molecular weight excluding hydrogens is 164 g/mol. The number of carbonyl (C=O) groups is 2. The van der Waals surface area contributed by atoms with Gasteiger partial charge >= 0.3 is 0 Å². The first kappa shape index (κ1) is 10.6. The molecule has 2 nitrogen and oxygen atoms in total. The summed E-state index contributed by atoms with van der Waals surface area (Å²) in [5.41, 5.74) is 0. The first-order chi connectivity index (χ1) is 5.18. The summed E-state index contributed by atoms with van der Waals surface area (Å²) in [6.45, 7) is 2.05.